The second-order valence-electron chi connectivity index (χ2n) is 3.24. The Morgan fingerprint density at radius 2 is 1.35 bits per heavy atom. The fraction of sp³-hybridized carbons (Fsp3) is 0.222. The average Bonchev–Trinajstić information content (AvgIpc) is 2.38. The van der Waals surface area contributed by atoms with Crippen molar-refractivity contribution < 1.29 is 44.1 Å². The predicted molar refractivity (Wildman–Crippen MR) is 52.7 cm³/mol. The molecule has 0 aromatic heterocycles. The predicted octanol–water partition coefficient (Wildman–Crippen LogP) is 1.26. The molecule has 0 spiro atoms. The van der Waals surface area contributed by atoms with E-state index in [-0.39, 0.29) is 0 Å². The van der Waals surface area contributed by atoms with Gasteiger partial charge in [0.2, 0.25) is 34.8 Å². The summed E-state index contributed by atoms with van der Waals surface area (Å²) < 4.78 is 93.8. The van der Waals surface area contributed by atoms with Crippen molar-refractivity contribution >= 4 is 16.1 Å². The van der Waals surface area contributed by atoms with Crippen LogP contribution in [0.3, 0.4) is 0 Å². The molecule has 0 amide bonds. The lowest BCUT2D eigenvalue weighted by atomic mass is 10.2. The number of hydrogen-bond donors (Lipinski definition) is 0. The SMILES string of the molecule is COS(=O)(=O)CC(=O)Oc1c(F)c(F)c(F)c(F)c1F. The van der Waals surface area contributed by atoms with Gasteiger partial charge in [0.1, 0.15) is 0 Å². The van der Waals surface area contributed by atoms with Gasteiger partial charge in [-0.3, -0.25) is 8.98 Å². The number of rotatable bonds is 4. The van der Waals surface area contributed by atoms with Crippen LogP contribution in [0.4, 0.5) is 22.0 Å². The maximum Gasteiger partial charge on any atom is 0.329 e. The van der Waals surface area contributed by atoms with Gasteiger partial charge in [-0.15, -0.1) is 0 Å². The van der Waals surface area contributed by atoms with E-state index < -0.39 is 56.7 Å². The molecule has 0 bridgehead atoms. The normalized spacial score (nSPS) is 11.5. The van der Waals surface area contributed by atoms with Crippen molar-refractivity contribution in [3.05, 3.63) is 29.1 Å². The molecule has 1 aromatic carbocycles. The first-order valence-electron chi connectivity index (χ1n) is 4.61. The van der Waals surface area contributed by atoms with E-state index >= 15 is 0 Å². The highest BCUT2D eigenvalue weighted by Crippen LogP contribution is 2.29. The lowest BCUT2D eigenvalue weighted by Crippen LogP contribution is -2.23. The summed E-state index contributed by atoms with van der Waals surface area (Å²) in [6.07, 6.45) is 0. The van der Waals surface area contributed by atoms with Gasteiger partial charge in [0.05, 0.1) is 7.11 Å². The van der Waals surface area contributed by atoms with Crippen LogP contribution in [-0.2, 0) is 19.1 Å². The summed E-state index contributed by atoms with van der Waals surface area (Å²) in [4.78, 5) is 11.0. The van der Waals surface area contributed by atoms with Crippen LogP contribution in [-0.4, -0.2) is 27.2 Å². The maximum absolute atomic E-state index is 13.1. The standard InChI is InChI=1S/C9H5F5O5S/c1-18-20(16,17)2-3(15)19-9-7(13)5(11)4(10)6(12)8(9)14/h2H2,1H3. The van der Waals surface area contributed by atoms with Crippen LogP contribution in [0.15, 0.2) is 0 Å². The summed E-state index contributed by atoms with van der Waals surface area (Å²) in [5.74, 6) is -17.0. The highest BCUT2D eigenvalue weighted by atomic mass is 32.2. The molecule has 0 aliphatic rings. The molecule has 112 valence electrons. The number of carbonyl (C=O) groups is 1. The monoisotopic (exact) mass is 320 g/mol. The molecule has 0 N–H and O–H groups in total. The summed E-state index contributed by atoms with van der Waals surface area (Å²) >= 11 is 0. The Morgan fingerprint density at radius 3 is 1.75 bits per heavy atom. The number of halogens is 5. The van der Waals surface area contributed by atoms with Gasteiger partial charge in [-0.1, -0.05) is 0 Å². The summed E-state index contributed by atoms with van der Waals surface area (Å²) in [6, 6.07) is 0. The number of esters is 1. The zero-order valence-electron chi connectivity index (χ0n) is 9.55. The average molecular weight is 320 g/mol. The van der Waals surface area contributed by atoms with Gasteiger partial charge in [-0.2, -0.15) is 17.2 Å². The molecule has 0 heterocycles. The van der Waals surface area contributed by atoms with Crippen molar-refractivity contribution in [3.63, 3.8) is 0 Å². The van der Waals surface area contributed by atoms with Gasteiger partial charge in [0.25, 0.3) is 10.1 Å². The van der Waals surface area contributed by atoms with Gasteiger partial charge in [0, 0.05) is 0 Å². The van der Waals surface area contributed by atoms with Crippen LogP contribution >= 0.6 is 0 Å². The summed E-state index contributed by atoms with van der Waals surface area (Å²) in [6.45, 7) is 0. The van der Waals surface area contributed by atoms with E-state index in [9.17, 15) is 35.2 Å². The van der Waals surface area contributed by atoms with Crippen LogP contribution in [0.5, 0.6) is 5.75 Å². The Morgan fingerprint density at radius 1 is 0.950 bits per heavy atom. The van der Waals surface area contributed by atoms with E-state index in [1.807, 2.05) is 0 Å². The third-order valence-electron chi connectivity index (χ3n) is 1.93. The van der Waals surface area contributed by atoms with E-state index in [1.165, 1.54) is 0 Å². The van der Waals surface area contributed by atoms with Crippen molar-refractivity contribution in [3.8, 4) is 5.75 Å². The fourth-order valence-corrected chi connectivity index (χ4v) is 1.49. The van der Waals surface area contributed by atoms with Crippen molar-refractivity contribution in [1.29, 1.82) is 0 Å². The number of hydrogen-bond acceptors (Lipinski definition) is 5. The van der Waals surface area contributed by atoms with Crippen LogP contribution in [0.1, 0.15) is 0 Å². The van der Waals surface area contributed by atoms with Crippen molar-refractivity contribution in [2.45, 2.75) is 0 Å². The Balaban J connectivity index is 3.14. The van der Waals surface area contributed by atoms with Crippen LogP contribution in [0.2, 0.25) is 0 Å². The molecule has 0 saturated carbocycles. The minimum atomic E-state index is -4.37. The maximum atomic E-state index is 13.1. The van der Waals surface area contributed by atoms with E-state index in [2.05, 4.69) is 8.92 Å². The molecule has 0 aliphatic heterocycles. The lowest BCUT2D eigenvalue weighted by Gasteiger charge is -2.08. The smallest absolute Gasteiger partial charge is 0.329 e. The zero-order chi connectivity index (χ0) is 15.7. The molecule has 5 nitrogen and oxygen atoms in total. The number of ether oxygens (including phenoxy) is 1. The topological polar surface area (TPSA) is 69.7 Å². The molecule has 1 aromatic rings. The Labute approximate surface area is 109 Å². The molecule has 20 heavy (non-hydrogen) atoms. The molecule has 0 saturated heterocycles. The molecular weight excluding hydrogens is 315 g/mol. The second kappa shape index (κ2) is 5.71. The van der Waals surface area contributed by atoms with Gasteiger partial charge >= 0.3 is 5.97 Å². The molecule has 0 radical (unpaired) electrons. The van der Waals surface area contributed by atoms with E-state index in [4.69, 9.17) is 0 Å². The first kappa shape index (κ1) is 16.3. The number of carbonyl (C=O) groups excluding carboxylic acids is 1. The van der Waals surface area contributed by atoms with Gasteiger partial charge < -0.3 is 4.74 Å². The molecule has 0 atom stereocenters. The van der Waals surface area contributed by atoms with Gasteiger partial charge in [-0.05, 0) is 0 Å². The molecule has 0 aliphatic carbocycles. The summed E-state index contributed by atoms with van der Waals surface area (Å²) in [5, 5.41) is 0. The van der Waals surface area contributed by atoms with E-state index in [0.29, 0.717) is 7.11 Å². The molecule has 0 fully saturated rings. The minimum Gasteiger partial charge on any atom is -0.419 e. The fourth-order valence-electron chi connectivity index (χ4n) is 1.02. The third kappa shape index (κ3) is 3.22. The lowest BCUT2D eigenvalue weighted by molar-refractivity contribution is -0.132. The van der Waals surface area contributed by atoms with E-state index in [1.54, 1.807) is 0 Å². The van der Waals surface area contributed by atoms with Crippen LogP contribution in [0, 0.1) is 29.1 Å². The van der Waals surface area contributed by atoms with Gasteiger partial charge in [0.15, 0.2) is 5.75 Å². The molecule has 0 unspecified atom stereocenters. The van der Waals surface area contributed by atoms with Crippen LogP contribution < -0.4 is 4.74 Å². The highest BCUT2D eigenvalue weighted by molar-refractivity contribution is 7.87. The first-order chi connectivity index (χ1) is 9.10. The third-order valence-corrected chi connectivity index (χ3v) is 3.03. The Bertz CT molecular complexity index is 628. The largest absolute Gasteiger partial charge is 0.419 e. The Kier molecular flexibility index (Phi) is 4.65. The highest BCUT2D eigenvalue weighted by Gasteiger charge is 2.29. The second-order valence-corrected chi connectivity index (χ2v) is 4.98. The Hall–Kier alpha value is -1.75. The number of benzene rings is 1. The molecular formula is C9H5F5O5S. The quantitative estimate of drug-likeness (QED) is 0.209. The van der Waals surface area contributed by atoms with Crippen molar-refractivity contribution in [2.75, 3.05) is 12.9 Å². The van der Waals surface area contributed by atoms with Gasteiger partial charge in [-0.25, -0.2) is 13.2 Å². The zero-order valence-corrected chi connectivity index (χ0v) is 10.4. The first-order valence-corrected chi connectivity index (χ1v) is 6.19. The summed E-state index contributed by atoms with van der Waals surface area (Å²) in [7, 11) is -3.68. The minimum absolute atomic E-state index is 0.695. The molecule has 1 rings (SSSR count). The van der Waals surface area contributed by atoms with Crippen LogP contribution in [0.25, 0.3) is 0 Å². The summed E-state index contributed by atoms with van der Waals surface area (Å²) in [5.41, 5.74) is 0. The van der Waals surface area contributed by atoms with Crippen molar-refractivity contribution in [2.24, 2.45) is 0 Å². The van der Waals surface area contributed by atoms with E-state index in [0.717, 1.165) is 0 Å². The van der Waals surface area contributed by atoms with Crippen molar-refractivity contribution in [1.82, 2.24) is 0 Å². The molecule has 11 heteroatoms.